The molecule has 0 spiro atoms. The first kappa shape index (κ1) is 24.5. The molecule has 2 unspecified atom stereocenters. The summed E-state index contributed by atoms with van der Waals surface area (Å²) in [5.74, 6) is -0.144. The second-order valence-electron chi connectivity index (χ2n) is 9.76. The van der Waals surface area contributed by atoms with Crippen LogP contribution in [-0.4, -0.2) is 37.0 Å². The second kappa shape index (κ2) is 9.37. The van der Waals surface area contributed by atoms with Crippen molar-refractivity contribution in [1.29, 1.82) is 5.41 Å². The van der Waals surface area contributed by atoms with Crippen molar-refractivity contribution >= 4 is 33.3 Å². The molecule has 2 N–H and O–H groups in total. The maximum Gasteiger partial charge on any atom is 0.259 e. The molecule has 1 saturated carbocycles. The highest BCUT2D eigenvalue weighted by molar-refractivity contribution is 7.92. The quantitative estimate of drug-likeness (QED) is 0.464. The minimum atomic E-state index is -3.41. The van der Waals surface area contributed by atoms with E-state index in [4.69, 9.17) is 17.0 Å². The molecule has 0 aromatic heterocycles. The molecule has 2 aliphatic rings. The Balaban J connectivity index is 1.32. The Morgan fingerprint density at radius 2 is 1.69 bits per heavy atom. The predicted molar refractivity (Wildman–Crippen MR) is 142 cm³/mol. The fraction of sp³-hybridized carbons (Fsp3) is 0.286. The summed E-state index contributed by atoms with van der Waals surface area (Å²) in [5.41, 5.74) is 1.55. The minimum Gasteiger partial charge on any atom is -0.338 e. The Kier molecular flexibility index (Phi) is 6.39. The van der Waals surface area contributed by atoms with Crippen LogP contribution in [0.15, 0.2) is 83.8 Å². The van der Waals surface area contributed by atoms with E-state index < -0.39 is 20.6 Å². The summed E-state index contributed by atoms with van der Waals surface area (Å²) in [6.45, 7) is 2.12. The van der Waals surface area contributed by atoms with Crippen LogP contribution in [0.4, 0.5) is 0 Å². The molecule has 5 rings (SSSR count). The Labute approximate surface area is 216 Å². The van der Waals surface area contributed by atoms with Crippen molar-refractivity contribution in [2.24, 2.45) is 5.92 Å². The van der Waals surface area contributed by atoms with E-state index in [1.807, 2.05) is 48.5 Å². The molecule has 1 saturated heterocycles. The Hall–Kier alpha value is -3.16. The SMILES string of the molecule is CC1(c2cccc(-c3cccc(Cl)c3)c2)NC(=N)N(C[C@@H]2CCC(S(=O)(=O)c3ccccc3)C2)C1=O. The lowest BCUT2D eigenvalue weighted by atomic mass is 9.89. The molecule has 1 heterocycles. The van der Waals surface area contributed by atoms with Crippen LogP contribution in [0.5, 0.6) is 0 Å². The van der Waals surface area contributed by atoms with Gasteiger partial charge in [-0.15, -0.1) is 0 Å². The Morgan fingerprint density at radius 3 is 2.42 bits per heavy atom. The average Bonchev–Trinajstić information content (AvgIpc) is 3.44. The van der Waals surface area contributed by atoms with Crippen molar-refractivity contribution in [1.82, 2.24) is 10.2 Å². The summed E-state index contributed by atoms with van der Waals surface area (Å²) < 4.78 is 26.1. The number of carbonyl (C=O) groups is 1. The molecule has 0 radical (unpaired) electrons. The van der Waals surface area contributed by atoms with Gasteiger partial charge >= 0.3 is 0 Å². The zero-order chi connectivity index (χ0) is 25.5. The van der Waals surface area contributed by atoms with Crippen molar-refractivity contribution in [3.8, 4) is 11.1 Å². The predicted octanol–water partition coefficient (Wildman–Crippen LogP) is 5.23. The second-order valence-corrected chi connectivity index (χ2v) is 12.4. The van der Waals surface area contributed by atoms with Gasteiger partial charge in [0.1, 0.15) is 5.54 Å². The highest BCUT2D eigenvalue weighted by Crippen LogP contribution is 2.37. The number of rotatable bonds is 6. The zero-order valence-electron chi connectivity index (χ0n) is 19.9. The molecular formula is C28H28ClN3O3S. The van der Waals surface area contributed by atoms with Crippen LogP contribution in [0.2, 0.25) is 5.02 Å². The largest absolute Gasteiger partial charge is 0.338 e. The zero-order valence-corrected chi connectivity index (χ0v) is 21.5. The molecule has 1 amide bonds. The van der Waals surface area contributed by atoms with Crippen LogP contribution in [0.3, 0.4) is 0 Å². The molecule has 1 aliphatic carbocycles. The molecule has 186 valence electrons. The van der Waals surface area contributed by atoms with Crippen LogP contribution in [0.1, 0.15) is 31.7 Å². The van der Waals surface area contributed by atoms with E-state index in [-0.39, 0.29) is 17.8 Å². The monoisotopic (exact) mass is 521 g/mol. The molecule has 6 nitrogen and oxygen atoms in total. The third-order valence-corrected chi connectivity index (χ3v) is 9.82. The lowest BCUT2D eigenvalue weighted by molar-refractivity contribution is -0.131. The Bertz CT molecular complexity index is 1430. The number of carbonyl (C=O) groups excluding carboxylic acids is 1. The van der Waals surface area contributed by atoms with Gasteiger partial charge in [0.2, 0.25) is 0 Å². The first-order chi connectivity index (χ1) is 17.2. The van der Waals surface area contributed by atoms with Gasteiger partial charge in [0.15, 0.2) is 15.8 Å². The van der Waals surface area contributed by atoms with Crippen LogP contribution in [-0.2, 0) is 20.2 Å². The highest BCUT2D eigenvalue weighted by atomic mass is 35.5. The van der Waals surface area contributed by atoms with Crippen molar-refractivity contribution in [2.45, 2.75) is 41.9 Å². The molecule has 8 heteroatoms. The van der Waals surface area contributed by atoms with Gasteiger partial charge in [0, 0.05) is 11.6 Å². The fourth-order valence-electron chi connectivity index (χ4n) is 5.31. The van der Waals surface area contributed by atoms with Crippen LogP contribution >= 0.6 is 11.6 Å². The number of sulfone groups is 1. The molecule has 3 aromatic rings. The third-order valence-electron chi connectivity index (χ3n) is 7.35. The number of nitrogens with zero attached hydrogens (tertiary/aromatic N) is 1. The molecule has 3 atom stereocenters. The number of halogens is 1. The summed E-state index contributed by atoms with van der Waals surface area (Å²) >= 11 is 6.17. The van der Waals surface area contributed by atoms with E-state index in [0.29, 0.717) is 35.7 Å². The van der Waals surface area contributed by atoms with Gasteiger partial charge < -0.3 is 5.32 Å². The van der Waals surface area contributed by atoms with Crippen LogP contribution < -0.4 is 5.32 Å². The smallest absolute Gasteiger partial charge is 0.259 e. The van der Waals surface area contributed by atoms with Crippen LogP contribution in [0, 0.1) is 11.3 Å². The van der Waals surface area contributed by atoms with Gasteiger partial charge in [-0.2, -0.15) is 0 Å². The van der Waals surface area contributed by atoms with Gasteiger partial charge in [-0.3, -0.25) is 15.1 Å². The van der Waals surface area contributed by atoms with E-state index >= 15 is 0 Å². The first-order valence-corrected chi connectivity index (χ1v) is 13.9. The highest BCUT2D eigenvalue weighted by Gasteiger charge is 2.48. The summed E-state index contributed by atoms with van der Waals surface area (Å²) in [7, 11) is -3.41. The number of hydrogen-bond donors (Lipinski definition) is 2. The normalized spacial score (nSPS) is 24.2. The first-order valence-electron chi connectivity index (χ1n) is 12.0. The topological polar surface area (TPSA) is 90.3 Å². The van der Waals surface area contributed by atoms with Crippen molar-refractivity contribution in [3.63, 3.8) is 0 Å². The number of guanidine groups is 1. The maximum absolute atomic E-state index is 13.6. The van der Waals surface area contributed by atoms with Gasteiger partial charge in [-0.25, -0.2) is 8.42 Å². The lowest BCUT2D eigenvalue weighted by Gasteiger charge is -2.24. The minimum absolute atomic E-state index is 0.0136. The van der Waals surface area contributed by atoms with Crippen molar-refractivity contribution in [3.05, 3.63) is 89.4 Å². The standard InChI is InChI=1S/C28H28ClN3O3S/c1-28(22-9-5-7-20(16-22)21-8-6-10-23(29)17-21)26(33)32(27(30)31-28)18-19-13-14-25(15-19)36(34,35)24-11-3-2-4-12-24/h2-12,16-17,19,25H,13-15,18H2,1H3,(H2,30,31)/t19-,25?,28?/m1/s1. The molecule has 0 bridgehead atoms. The van der Waals surface area contributed by atoms with Gasteiger partial charge in [-0.1, -0.05) is 60.1 Å². The molecule has 1 aliphatic heterocycles. The molecule has 2 fully saturated rings. The summed E-state index contributed by atoms with van der Waals surface area (Å²) in [5, 5.41) is 11.8. The summed E-state index contributed by atoms with van der Waals surface area (Å²) in [4.78, 5) is 15.4. The lowest BCUT2D eigenvalue weighted by Crippen LogP contribution is -2.41. The van der Waals surface area contributed by atoms with E-state index in [9.17, 15) is 13.2 Å². The van der Waals surface area contributed by atoms with Crippen molar-refractivity contribution in [2.75, 3.05) is 6.54 Å². The molecule has 36 heavy (non-hydrogen) atoms. The van der Waals surface area contributed by atoms with Crippen LogP contribution in [0.25, 0.3) is 11.1 Å². The Morgan fingerprint density at radius 1 is 1.00 bits per heavy atom. The number of benzene rings is 3. The number of hydrogen-bond acceptors (Lipinski definition) is 4. The number of nitrogens with one attached hydrogen (secondary N) is 2. The van der Waals surface area contributed by atoms with Gasteiger partial charge in [-0.05, 0) is 79.1 Å². The van der Waals surface area contributed by atoms with E-state index in [0.717, 1.165) is 16.7 Å². The molecular weight excluding hydrogens is 494 g/mol. The number of amides is 1. The van der Waals surface area contributed by atoms with E-state index in [1.165, 1.54) is 4.90 Å². The van der Waals surface area contributed by atoms with Gasteiger partial charge in [0.25, 0.3) is 5.91 Å². The van der Waals surface area contributed by atoms with Gasteiger partial charge in [0.05, 0.1) is 10.1 Å². The van der Waals surface area contributed by atoms with Crippen molar-refractivity contribution < 1.29 is 13.2 Å². The molecule has 3 aromatic carbocycles. The fourth-order valence-corrected chi connectivity index (χ4v) is 7.40. The van der Waals surface area contributed by atoms with E-state index in [2.05, 4.69) is 5.32 Å². The summed E-state index contributed by atoms with van der Waals surface area (Å²) in [6, 6.07) is 23.8. The maximum atomic E-state index is 13.6. The van der Waals surface area contributed by atoms with E-state index in [1.54, 1.807) is 37.3 Å². The third kappa shape index (κ3) is 4.42. The summed E-state index contributed by atoms with van der Waals surface area (Å²) in [6.07, 6.45) is 1.74. The average molecular weight is 522 g/mol.